The molecular weight excluding hydrogens is 333 g/mol. The van der Waals surface area contributed by atoms with E-state index < -0.39 is 0 Å². The zero-order chi connectivity index (χ0) is 16.8. The molecule has 1 amide bonds. The van der Waals surface area contributed by atoms with Crippen LogP contribution in [0.4, 0.5) is 0 Å². The minimum absolute atomic E-state index is 0.154. The standard InChI is InChI=1S/C17H15Cl2N3O/c1-2-9-22(11-13-5-3-12(10-20)4-6-13)17(23)16-14(18)7-8-15(19)21-16/h3-8H,2,9,11H2,1H3. The summed E-state index contributed by atoms with van der Waals surface area (Å²) in [6, 6.07) is 12.3. The molecule has 0 aliphatic rings. The fraction of sp³-hybridized carbons (Fsp3) is 0.235. The van der Waals surface area contributed by atoms with Gasteiger partial charge in [0.05, 0.1) is 16.7 Å². The lowest BCUT2D eigenvalue weighted by Gasteiger charge is -2.22. The van der Waals surface area contributed by atoms with Crippen molar-refractivity contribution < 1.29 is 4.79 Å². The third kappa shape index (κ3) is 4.44. The van der Waals surface area contributed by atoms with Gasteiger partial charge in [-0.1, -0.05) is 42.3 Å². The zero-order valence-corrected chi connectivity index (χ0v) is 14.1. The van der Waals surface area contributed by atoms with Crippen molar-refractivity contribution in [3.05, 3.63) is 63.4 Å². The van der Waals surface area contributed by atoms with Crippen LogP contribution in [0.2, 0.25) is 10.2 Å². The van der Waals surface area contributed by atoms with E-state index in [-0.39, 0.29) is 21.8 Å². The maximum Gasteiger partial charge on any atom is 0.274 e. The van der Waals surface area contributed by atoms with E-state index in [9.17, 15) is 4.79 Å². The number of amides is 1. The molecule has 1 aromatic carbocycles. The number of halogens is 2. The van der Waals surface area contributed by atoms with Crippen molar-refractivity contribution in [2.75, 3.05) is 6.54 Å². The van der Waals surface area contributed by atoms with Crippen LogP contribution in [-0.2, 0) is 6.54 Å². The molecule has 0 aliphatic heterocycles. The Morgan fingerprint density at radius 1 is 1.22 bits per heavy atom. The van der Waals surface area contributed by atoms with Crippen LogP contribution in [0.25, 0.3) is 0 Å². The molecule has 0 fully saturated rings. The van der Waals surface area contributed by atoms with E-state index in [4.69, 9.17) is 28.5 Å². The molecule has 23 heavy (non-hydrogen) atoms. The van der Waals surface area contributed by atoms with Gasteiger partial charge in [-0.2, -0.15) is 5.26 Å². The van der Waals surface area contributed by atoms with Crippen LogP contribution in [0.1, 0.15) is 35.0 Å². The van der Waals surface area contributed by atoms with Crippen LogP contribution in [0.3, 0.4) is 0 Å². The molecule has 0 bridgehead atoms. The number of nitrogens with zero attached hydrogens (tertiary/aromatic N) is 3. The summed E-state index contributed by atoms with van der Waals surface area (Å²) in [5.74, 6) is -0.260. The predicted molar refractivity (Wildman–Crippen MR) is 90.4 cm³/mol. The summed E-state index contributed by atoms with van der Waals surface area (Å²) in [4.78, 5) is 18.4. The molecule has 1 aromatic heterocycles. The molecule has 0 unspecified atom stereocenters. The van der Waals surface area contributed by atoms with Gasteiger partial charge < -0.3 is 4.90 Å². The Bertz CT molecular complexity index is 738. The van der Waals surface area contributed by atoms with E-state index in [1.165, 1.54) is 0 Å². The minimum atomic E-state index is -0.260. The third-order valence-corrected chi connectivity index (χ3v) is 3.77. The highest BCUT2D eigenvalue weighted by atomic mass is 35.5. The van der Waals surface area contributed by atoms with Gasteiger partial charge in [0.2, 0.25) is 0 Å². The van der Waals surface area contributed by atoms with Gasteiger partial charge in [-0.3, -0.25) is 4.79 Å². The van der Waals surface area contributed by atoms with Crippen molar-refractivity contribution in [3.63, 3.8) is 0 Å². The van der Waals surface area contributed by atoms with E-state index in [0.29, 0.717) is 18.7 Å². The first-order chi connectivity index (χ1) is 11.0. The second kappa shape index (κ2) is 7.96. The number of pyridine rings is 1. The molecule has 0 spiro atoms. The van der Waals surface area contributed by atoms with Gasteiger partial charge in [-0.25, -0.2) is 4.98 Å². The average Bonchev–Trinajstić information content (AvgIpc) is 2.56. The van der Waals surface area contributed by atoms with Crippen molar-refractivity contribution in [3.8, 4) is 6.07 Å². The van der Waals surface area contributed by atoms with Gasteiger partial charge >= 0.3 is 0 Å². The van der Waals surface area contributed by atoms with E-state index in [1.54, 1.807) is 29.2 Å². The summed E-state index contributed by atoms with van der Waals surface area (Å²) in [5, 5.41) is 9.35. The maximum atomic E-state index is 12.7. The molecule has 1 heterocycles. The molecule has 0 saturated carbocycles. The van der Waals surface area contributed by atoms with Crippen LogP contribution < -0.4 is 0 Å². The van der Waals surface area contributed by atoms with Crippen molar-refractivity contribution in [1.82, 2.24) is 9.88 Å². The van der Waals surface area contributed by atoms with Crippen LogP contribution in [0, 0.1) is 11.3 Å². The number of benzene rings is 1. The molecule has 118 valence electrons. The number of rotatable bonds is 5. The van der Waals surface area contributed by atoms with Crippen molar-refractivity contribution in [1.29, 1.82) is 5.26 Å². The van der Waals surface area contributed by atoms with Gasteiger partial charge in [0.1, 0.15) is 10.8 Å². The summed E-state index contributed by atoms with van der Waals surface area (Å²) in [6.07, 6.45) is 0.806. The quantitative estimate of drug-likeness (QED) is 0.757. The maximum absolute atomic E-state index is 12.7. The van der Waals surface area contributed by atoms with Crippen molar-refractivity contribution in [2.24, 2.45) is 0 Å². The monoisotopic (exact) mass is 347 g/mol. The van der Waals surface area contributed by atoms with E-state index in [0.717, 1.165) is 12.0 Å². The first-order valence-electron chi connectivity index (χ1n) is 7.15. The topological polar surface area (TPSA) is 57.0 Å². The van der Waals surface area contributed by atoms with E-state index in [2.05, 4.69) is 11.1 Å². The Hall–Kier alpha value is -2.09. The second-order valence-corrected chi connectivity index (χ2v) is 5.79. The number of nitriles is 1. The Labute approximate surface area is 145 Å². The molecule has 2 rings (SSSR count). The highest BCUT2D eigenvalue weighted by Gasteiger charge is 2.20. The Balaban J connectivity index is 2.24. The fourth-order valence-electron chi connectivity index (χ4n) is 2.15. The molecule has 0 atom stereocenters. The van der Waals surface area contributed by atoms with E-state index >= 15 is 0 Å². The summed E-state index contributed by atoms with van der Waals surface area (Å²) >= 11 is 11.9. The Morgan fingerprint density at radius 3 is 2.52 bits per heavy atom. The number of aromatic nitrogens is 1. The number of carbonyl (C=O) groups is 1. The van der Waals surface area contributed by atoms with Gasteiger partial charge in [0.25, 0.3) is 5.91 Å². The summed E-state index contributed by atoms with van der Waals surface area (Å²) in [6.45, 7) is 2.98. The lowest BCUT2D eigenvalue weighted by atomic mass is 10.1. The minimum Gasteiger partial charge on any atom is -0.333 e. The van der Waals surface area contributed by atoms with Crippen LogP contribution in [0.15, 0.2) is 36.4 Å². The van der Waals surface area contributed by atoms with E-state index in [1.807, 2.05) is 19.1 Å². The Kier molecular flexibility index (Phi) is 5.97. The highest BCUT2D eigenvalue weighted by molar-refractivity contribution is 6.34. The largest absolute Gasteiger partial charge is 0.333 e. The van der Waals surface area contributed by atoms with Crippen LogP contribution >= 0.6 is 23.2 Å². The van der Waals surface area contributed by atoms with Gasteiger partial charge in [0.15, 0.2) is 0 Å². The summed E-state index contributed by atoms with van der Waals surface area (Å²) < 4.78 is 0. The summed E-state index contributed by atoms with van der Waals surface area (Å²) in [5.41, 5.74) is 1.67. The van der Waals surface area contributed by atoms with Crippen molar-refractivity contribution >= 4 is 29.1 Å². The lowest BCUT2D eigenvalue weighted by molar-refractivity contribution is 0.0737. The third-order valence-electron chi connectivity index (χ3n) is 3.25. The van der Waals surface area contributed by atoms with Crippen molar-refractivity contribution in [2.45, 2.75) is 19.9 Å². The molecule has 0 N–H and O–H groups in total. The van der Waals surface area contributed by atoms with Gasteiger partial charge in [0, 0.05) is 13.1 Å². The predicted octanol–water partition coefficient (Wildman–Crippen LogP) is 4.31. The van der Waals surface area contributed by atoms with Gasteiger partial charge in [-0.05, 0) is 36.2 Å². The SMILES string of the molecule is CCCN(Cc1ccc(C#N)cc1)C(=O)c1nc(Cl)ccc1Cl. The second-order valence-electron chi connectivity index (χ2n) is 5.00. The molecule has 0 aliphatic carbocycles. The highest BCUT2D eigenvalue weighted by Crippen LogP contribution is 2.20. The van der Waals surface area contributed by atoms with Gasteiger partial charge in [-0.15, -0.1) is 0 Å². The molecule has 0 saturated heterocycles. The lowest BCUT2D eigenvalue weighted by Crippen LogP contribution is -2.32. The molecule has 4 nitrogen and oxygen atoms in total. The van der Waals surface area contributed by atoms with Crippen LogP contribution in [0.5, 0.6) is 0 Å². The average molecular weight is 348 g/mol. The number of hydrogen-bond donors (Lipinski definition) is 0. The molecule has 2 aromatic rings. The first kappa shape index (κ1) is 17.3. The molecule has 0 radical (unpaired) electrons. The smallest absolute Gasteiger partial charge is 0.274 e. The zero-order valence-electron chi connectivity index (χ0n) is 12.6. The number of carbonyl (C=O) groups excluding carboxylic acids is 1. The van der Waals surface area contributed by atoms with Crippen LogP contribution in [-0.4, -0.2) is 22.3 Å². The molecule has 6 heteroatoms. The molecular formula is C17H15Cl2N3O. The normalized spacial score (nSPS) is 10.2. The first-order valence-corrected chi connectivity index (χ1v) is 7.91. The number of hydrogen-bond acceptors (Lipinski definition) is 3. The Morgan fingerprint density at radius 2 is 1.91 bits per heavy atom. The summed E-state index contributed by atoms with van der Waals surface area (Å²) in [7, 11) is 0. The fourth-order valence-corrected chi connectivity index (χ4v) is 2.48.